The molecule has 2 amide bonds. The van der Waals surface area contributed by atoms with Gasteiger partial charge in [-0.2, -0.15) is 0 Å². The summed E-state index contributed by atoms with van der Waals surface area (Å²) in [5.74, 6) is -1.34. The summed E-state index contributed by atoms with van der Waals surface area (Å²) >= 11 is 1.22. The number of nitrogens with one attached hydrogen (secondary N) is 1. The lowest BCUT2D eigenvalue weighted by Crippen LogP contribution is -2.70. The Bertz CT molecular complexity index is 1200. The van der Waals surface area contributed by atoms with E-state index in [4.69, 9.17) is 9.47 Å². The van der Waals surface area contributed by atoms with Gasteiger partial charge in [0.1, 0.15) is 29.5 Å². The molecule has 2 heterocycles. The quantitative estimate of drug-likeness (QED) is 0.241. The molecule has 1 saturated heterocycles. The molecular formula is C23H21N3O8S. The number of thioether (sulfide) groups is 1. The number of nitrogens with zero attached hydrogens (tertiary/aromatic N) is 2. The summed E-state index contributed by atoms with van der Waals surface area (Å²) < 4.78 is 10.3. The van der Waals surface area contributed by atoms with Gasteiger partial charge in [-0.25, -0.2) is 4.79 Å². The Labute approximate surface area is 203 Å². The number of amides is 2. The van der Waals surface area contributed by atoms with E-state index >= 15 is 0 Å². The Morgan fingerprint density at radius 3 is 2.46 bits per heavy atom. The molecule has 35 heavy (non-hydrogen) atoms. The van der Waals surface area contributed by atoms with Gasteiger partial charge in [0.2, 0.25) is 5.91 Å². The molecule has 182 valence electrons. The summed E-state index contributed by atoms with van der Waals surface area (Å²) in [5.41, 5.74) is 0.890. The zero-order valence-corrected chi connectivity index (χ0v) is 19.3. The van der Waals surface area contributed by atoms with E-state index < -0.39 is 28.2 Å². The Morgan fingerprint density at radius 1 is 1.17 bits per heavy atom. The first-order chi connectivity index (χ1) is 16.8. The van der Waals surface area contributed by atoms with E-state index in [0.29, 0.717) is 11.3 Å². The van der Waals surface area contributed by atoms with Gasteiger partial charge in [0.25, 0.3) is 11.6 Å². The monoisotopic (exact) mass is 499 g/mol. The Balaban J connectivity index is 1.36. The van der Waals surface area contributed by atoms with Crippen LogP contribution in [0.5, 0.6) is 5.75 Å². The number of ether oxygens (including phenoxy) is 2. The van der Waals surface area contributed by atoms with E-state index in [2.05, 4.69) is 5.32 Å². The average molecular weight is 500 g/mol. The molecule has 2 N–H and O–H groups in total. The van der Waals surface area contributed by atoms with Gasteiger partial charge < -0.3 is 19.9 Å². The van der Waals surface area contributed by atoms with Crippen LogP contribution in [-0.4, -0.2) is 57.0 Å². The number of aliphatic hydroxyl groups is 1. The number of carbonyl (C=O) groups excluding carboxylic acids is 3. The highest BCUT2D eigenvalue weighted by molar-refractivity contribution is 8.00. The minimum absolute atomic E-state index is 0.0659. The number of rotatable bonds is 8. The summed E-state index contributed by atoms with van der Waals surface area (Å²) in [7, 11) is 1.55. The molecule has 4 rings (SSSR count). The molecule has 2 atom stereocenters. The van der Waals surface area contributed by atoms with Gasteiger partial charge in [-0.1, -0.05) is 12.1 Å². The normalized spacial score (nSPS) is 18.9. The third-order valence-electron chi connectivity index (χ3n) is 5.50. The number of benzene rings is 2. The van der Waals surface area contributed by atoms with E-state index in [1.165, 1.54) is 36.0 Å². The van der Waals surface area contributed by atoms with Crippen molar-refractivity contribution in [3.05, 3.63) is 81.2 Å². The highest BCUT2D eigenvalue weighted by Gasteiger charge is 2.54. The second-order valence-electron chi connectivity index (χ2n) is 7.77. The summed E-state index contributed by atoms with van der Waals surface area (Å²) in [4.78, 5) is 49.2. The molecule has 0 aliphatic carbocycles. The molecule has 1 unspecified atom stereocenters. The Kier molecular flexibility index (Phi) is 6.92. The number of nitro groups is 1. The molecule has 2 aliphatic heterocycles. The predicted molar refractivity (Wildman–Crippen MR) is 124 cm³/mol. The first kappa shape index (κ1) is 24.1. The van der Waals surface area contributed by atoms with Crippen LogP contribution in [0.15, 0.2) is 60.0 Å². The fourth-order valence-corrected chi connectivity index (χ4v) is 4.88. The lowest BCUT2D eigenvalue weighted by atomic mass is 10.0. The summed E-state index contributed by atoms with van der Waals surface area (Å²) in [6.07, 6.45) is 0.0659. The van der Waals surface area contributed by atoms with Gasteiger partial charge in [0, 0.05) is 12.1 Å². The van der Waals surface area contributed by atoms with Crippen LogP contribution in [0.2, 0.25) is 0 Å². The lowest BCUT2D eigenvalue weighted by Gasteiger charge is -2.48. The molecule has 2 aliphatic rings. The molecule has 2 aromatic rings. The third-order valence-corrected chi connectivity index (χ3v) is 6.76. The second kappa shape index (κ2) is 10.1. The van der Waals surface area contributed by atoms with Crippen LogP contribution in [0, 0.1) is 10.1 Å². The van der Waals surface area contributed by atoms with Crippen molar-refractivity contribution >= 4 is 35.2 Å². The molecule has 0 aromatic heterocycles. The van der Waals surface area contributed by atoms with E-state index in [9.17, 15) is 29.6 Å². The van der Waals surface area contributed by atoms with Crippen LogP contribution < -0.4 is 10.1 Å². The van der Waals surface area contributed by atoms with Crippen LogP contribution in [0.25, 0.3) is 0 Å². The predicted octanol–water partition coefficient (Wildman–Crippen LogP) is 2.06. The number of carbonyl (C=O) groups is 3. The lowest BCUT2D eigenvalue weighted by molar-refractivity contribution is -0.384. The topological polar surface area (TPSA) is 148 Å². The number of nitro benzene ring substituents is 1. The van der Waals surface area contributed by atoms with Crippen LogP contribution in [0.3, 0.4) is 0 Å². The number of fused-ring (bicyclic) bond motifs is 1. The maximum atomic E-state index is 12.8. The number of hydrogen-bond donors (Lipinski definition) is 2. The van der Waals surface area contributed by atoms with Crippen LogP contribution in [-0.2, 0) is 32.1 Å². The van der Waals surface area contributed by atoms with Crippen molar-refractivity contribution in [2.24, 2.45) is 0 Å². The third kappa shape index (κ3) is 5.06. The molecule has 11 nitrogen and oxygen atoms in total. The van der Waals surface area contributed by atoms with Gasteiger partial charge >= 0.3 is 5.97 Å². The molecule has 0 spiro atoms. The number of methoxy groups -OCH3 is 1. The smallest absolute Gasteiger partial charge is 0.358 e. The van der Waals surface area contributed by atoms with Gasteiger partial charge in [-0.3, -0.25) is 24.6 Å². The fraction of sp³-hybridized carbons (Fsp3) is 0.261. The standard InChI is InChI=1S/C23H21N3O8S/c1-33-16-8-4-13(5-9-16)10-18(28)24-19-21(29)25-20(17(27)12-35-22(19)25)23(30)34-11-14-2-6-15(7-3-14)26(31)32/h2-9,19,22,27H,10-12H2,1H3,(H,24,28)/t19?,22-/m0/s1. The Morgan fingerprint density at radius 2 is 1.83 bits per heavy atom. The largest absolute Gasteiger partial charge is 0.509 e. The van der Waals surface area contributed by atoms with Crippen LogP contribution in [0.1, 0.15) is 11.1 Å². The number of hydrogen-bond acceptors (Lipinski definition) is 9. The van der Waals surface area contributed by atoms with Crippen molar-refractivity contribution < 1.29 is 33.9 Å². The summed E-state index contributed by atoms with van der Waals surface area (Å²) in [6.45, 7) is -0.199. The van der Waals surface area contributed by atoms with Crippen molar-refractivity contribution in [1.82, 2.24) is 10.2 Å². The van der Waals surface area contributed by atoms with Crippen LogP contribution in [0.4, 0.5) is 5.69 Å². The van der Waals surface area contributed by atoms with Crippen molar-refractivity contribution in [2.45, 2.75) is 24.4 Å². The SMILES string of the molecule is COc1ccc(CC(=O)NC2C(=O)N3C(C(=O)OCc4ccc([N+](=O)[O-])cc4)=C(O)CS[C@@H]23)cc1. The highest BCUT2D eigenvalue weighted by Crippen LogP contribution is 2.40. The fourth-order valence-electron chi connectivity index (χ4n) is 3.68. The van der Waals surface area contributed by atoms with E-state index in [-0.39, 0.29) is 41.8 Å². The minimum atomic E-state index is -0.900. The van der Waals surface area contributed by atoms with Crippen molar-refractivity contribution in [3.8, 4) is 5.75 Å². The van der Waals surface area contributed by atoms with Gasteiger partial charge in [0.15, 0.2) is 5.70 Å². The average Bonchev–Trinajstić information content (AvgIpc) is 2.86. The van der Waals surface area contributed by atoms with Crippen molar-refractivity contribution in [2.75, 3.05) is 12.9 Å². The summed E-state index contributed by atoms with van der Waals surface area (Å²) in [6, 6.07) is 11.6. The van der Waals surface area contributed by atoms with Gasteiger partial charge in [0.05, 0.1) is 24.2 Å². The first-order valence-electron chi connectivity index (χ1n) is 10.5. The van der Waals surface area contributed by atoms with Crippen molar-refractivity contribution in [3.63, 3.8) is 0 Å². The minimum Gasteiger partial charge on any atom is -0.509 e. The molecule has 0 radical (unpaired) electrons. The van der Waals surface area contributed by atoms with E-state index in [0.717, 1.165) is 10.5 Å². The molecule has 0 saturated carbocycles. The maximum absolute atomic E-state index is 12.8. The Hall–Kier alpha value is -4.06. The zero-order valence-electron chi connectivity index (χ0n) is 18.5. The number of non-ortho nitro benzene ring substituents is 1. The highest BCUT2D eigenvalue weighted by atomic mass is 32.2. The molecule has 12 heteroatoms. The molecule has 0 bridgehead atoms. The molecule has 1 fully saturated rings. The first-order valence-corrected chi connectivity index (χ1v) is 11.5. The van der Waals surface area contributed by atoms with E-state index in [1.807, 2.05) is 0 Å². The molecular weight excluding hydrogens is 478 g/mol. The van der Waals surface area contributed by atoms with Crippen molar-refractivity contribution in [1.29, 1.82) is 0 Å². The number of aliphatic hydroxyl groups excluding tert-OH is 1. The van der Waals surface area contributed by atoms with Gasteiger partial charge in [-0.15, -0.1) is 11.8 Å². The number of esters is 1. The van der Waals surface area contributed by atoms with Crippen LogP contribution >= 0.6 is 11.8 Å². The van der Waals surface area contributed by atoms with E-state index in [1.54, 1.807) is 31.4 Å². The maximum Gasteiger partial charge on any atom is 0.358 e. The number of β-lactam (4-membered cyclic amide) rings is 1. The second-order valence-corrected chi connectivity index (χ2v) is 8.88. The summed E-state index contributed by atoms with van der Waals surface area (Å²) in [5, 5.41) is 23.2. The van der Waals surface area contributed by atoms with Gasteiger partial charge in [-0.05, 0) is 35.4 Å². The molecule has 2 aromatic carbocycles. The zero-order chi connectivity index (χ0) is 25.1.